The topological polar surface area (TPSA) is 88.9 Å². The summed E-state index contributed by atoms with van der Waals surface area (Å²) < 4.78 is 7.69. The number of tetrazole rings is 1. The Labute approximate surface area is 211 Å². The second-order valence-electron chi connectivity index (χ2n) is 9.78. The quantitative estimate of drug-likeness (QED) is 0.354. The van der Waals surface area contributed by atoms with E-state index in [2.05, 4.69) is 51.4 Å². The Hall–Kier alpha value is -3.52. The number of nitrogens with zero attached hydrogens (tertiary/aromatic N) is 5. The van der Waals surface area contributed by atoms with Crippen molar-refractivity contribution >= 4 is 10.9 Å². The van der Waals surface area contributed by atoms with Crippen LogP contribution >= 0.6 is 0 Å². The molecule has 1 fully saturated rings. The van der Waals surface area contributed by atoms with Crippen LogP contribution in [0.5, 0.6) is 5.75 Å². The number of para-hydroxylation sites is 1. The number of methoxy groups -OCH3 is 1. The van der Waals surface area contributed by atoms with Crippen molar-refractivity contribution in [3.05, 3.63) is 81.4 Å². The van der Waals surface area contributed by atoms with Crippen molar-refractivity contribution in [3.8, 4) is 5.75 Å². The molecule has 2 aromatic carbocycles. The molecule has 188 valence electrons. The first-order chi connectivity index (χ1) is 17.6. The zero-order valence-corrected chi connectivity index (χ0v) is 21.3. The average Bonchev–Trinajstić information content (AvgIpc) is 3.58. The van der Waals surface area contributed by atoms with E-state index in [0.29, 0.717) is 19.1 Å². The molecule has 8 nitrogen and oxygen atoms in total. The third-order valence-electron chi connectivity index (χ3n) is 7.33. The summed E-state index contributed by atoms with van der Waals surface area (Å²) in [7, 11) is 1.69. The number of nitrogens with one attached hydrogen (secondary N) is 1. The minimum atomic E-state index is -0.0679. The van der Waals surface area contributed by atoms with Crippen LogP contribution in [-0.4, -0.2) is 37.2 Å². The van der Waals surface area contributed by atoms with Gasteiger partial charge in [-0.3, -0.25) is 9.69 Å². The van der Waals surface area contributed by atoms with Gasteiger partial charge in [0.1, 0.15) is 5.75 Å². The highest BCUT2D eigenvalue weighted by molar-refractivity contribution is 5.79. The van der Waals surface area contributed by atoms with Crippen LogP contribution in [0.2, 0.25) is 0 Å². The maximum Gasteiger partial charge on any atom is 0.252 e. The third-order valence-corrected chi connectivity index (χ3v) is 7.33. The Morgan fingerprint density at radius 1 is 1.11 bits per heavy atom. The maximum absolute atomic E-state index is 13.2. The molecule has 1 aliphatic carbocycles. The minimum Gasteiger partial charge on any atom is -0.496 e. The fourth-order valence-corrected chi connectivity index (χ4v) is 5.47. The van der Waals surface area contributed by atoms with E-state index in [1.807, 2.05) is 41.1 Å². The highest BCUT2D eigenvalue weighted by Gasteiger charge is 2.30. The number of aryl methyl sites for hydroxylation is 1. The first-order valence-electron chi connectivity index (χ1n) is 12.8. The zero-order chi connectivity index (χ0) is 25.1. The molecule has 0 radical (unpaired) electrons. The largest absolute Gasteiger partial charge is 0.496 e. The SMILES string of the molecule is CCC(c1nnnn1C1CCCC1)N(Cc1ccccc1OC)Cc1cc2cc(C)ccc2[nH]c1=O. The molecular formula is C28H34N6O2. The van der Waals surface area contributed by atoms with Crippen LogP contribution in [0.15, 0.2) is 53.3 Å². The Kier molecular flexibility index (Phi) is 7.13. The van der Waals surface area contributed by atoms with Crippen molar-refractivity contribution < 1.29 is 4.74 Å². The van der Waals surface area contributed by atoms with Gasteiger partial charge in [-0.2, -0.15) is 0 Å². The van der Waals surface area contributed by atoms with Gasteiger partial charge >= 0.3 is 0 Å². The molecule has 1 atom stereocenters. The normalized spacial score (nSPS) is 15.1. The summed E-state index contributed by atoms with van der Waals surface area (Å²) in [5.74, 6) is 1.70. The summed E-state index contributed by atoms with van der Waals surface area (Å²) in [6.45, 7) is 5.29. The van der Waals surface area contributed by atoms with Crippen LogP contribution in [-0.2, 0) is 13.1 Å². The lowest BCUT2D eigenvalue weighted by Crippen LogP contribution is -2.33. The molecule has 1 saturated carbocycles. The van der Waals surface area contributed by atoms with Crippen molar-refractivity contribution in [2.24, 2.45) is 0 Å². The van der Waals surface area contributed by atoms with Crippen LogP contribution in [0.4, 0.5) is 0 Å². The van der Waals surface area contributed by atoms with Crippen LogP contribution in [0, 0.1) is 6.92 Å². The molecule has 2 heterocycles. The third kappa shape index (κ3) is 4.91. The molecule has 1 unspecified atom stereocenters. The van der Waals surface area contributed by atoms with Crippen molar-refractivity contribution in [3.63, 3.8) is 0 Å². The predicted octanol–water partition coefficient (Wildman–Crippen LogP) is 5.10. The van der Waals surface area contributed by atoms with Gasteiger partial charge in [0, 0.05) is 29.7 Å². The minimum absolute atomic E-state index is 0.0573. The number of fused-ring (bicyclic) bond motifs is 1. The van der Waals surface area contributed by atoms with Crippen LogP contribution in [0.3, 0.4) is 0 Å². The summed E-state index contributed by atoms with van der Waals surface area (Å²) in [4.78, 5) is 18.5. The molecule has 0 amide bonds. The van der Waals surface area contributed by atoms with E-state index in [9.17, 15) is 4.79 Å². The molecular weight excluding hydrogens is 452 g/mol. The highest BCUT2D eigenvalue weighted by Crippen LogP contribution is 2.34. The van der Waals surface area contributed by atoms with Gasteiger partial charge in [0.2, 0.25) is 0 Å². The number of ether oxygens (including phenoxy) is 1. The second kappa shape index (κ2) is 10.6. The second-order valence-corrected chi connectivity index (χ2v) is 9.78. The molecule has 4 aromatic rings. The van der Waals surface area contributed by atoms with Crippen LogP contribution in [0.25, 0.3) is 10.9 Å². The first kappa shape index (κ1) is 24.2. The number of hydrogen-bond acceptors (Lipinski definition) is 6. The van der Waals surface area contributed by atoms with Crippen LogP contribution < -0.4 is 10.3 Å². The number of benzene rings is 2. The van der Waals surface area contributed by atoms with E-state index in [4.69, 9.17) is 4.74 Å². The lowest BCUT2D eigenvalue weighted by atomic mass is 10.1. The summed E-state index contributed by atoms with van der Waals surface area (Å²) in [5, 5.41) is 14.0. The Morgan fingerprint density at radius 2 is 1.89 bits per heavy atom. The number of aromatic amines is 1. The summed E-state index contributed by atoms with van der Waals surface area (Å²) >= 11 is 0. The number of H-pyrrole nitrogens is 1. The van der Waals surface area contributed by atoms with Crippen LogP contribution in [0.1, 0.15) is 73.6 Å². The molecule has 1 aliphatic rings. The zero-order valence-electron chi connectivity index (χ0n) is 21.3. The van der Waals surface area contributed by atoms with E-state index < -0.39 is 0 Å². The van der Waals surface area contributed by atoms with Crippen molar-refractivity contribution in [2.75, 3.05) is 7.11 Å². The van der Waals surface area contributed by atoms with Crippen molar-refractivity contribution in [2.45, 2.75) is 71.1 Å². The number of aromatic nitrogens is 5. The van der Waals surface area contributed by atoms with E-state index in [1.165, 1.54) is 12.8 Å². The number of pyridine rings is 1. The van der Waals surface area contributed by atoms with Gasteiger partial charge in [-0.15, -0.1) is 5.10 Å². The van der Waals surface area contributed by atoms with E-state index in [0.717, 1.165) is 58.4 Å². The Bertz CT molecular complexity index is 1390. The predicted molar refractivity (Wildman–Crippen MR) is 140 cm³/mol. The molecule has 8 heteroatoms. The fraction of sp³-hybridized carbons (Fsp3) is 0.429. The summed E-state index contributed by atoms with van der Waals surface area (Å²) in [5.41, 5.74) is 3.73. The average molecular weight is 487 g/mol. The number of rotatable bonds is 9. The maximum atomic E-state index is 13.2. The van der Waals surface area contributed by atoms with Gasteiger partial charge in [0.05, 0.1) is 19.2 Å². The van der Waals surface area contributed by atoms with E-state index in [-0.39, 0.29) is 11.6 Å². The van der Waals surface area contributed by atoms with Crippen molar-refractivity contribution in [1.29, 1.82) is 0 Å². The fourth-order valence-electron chi connectivity index (χ4n) is 5.47. The number of hydrogen-bond donors (Lipinski definition) is 1. The standard InChI is InChI=1S/C28H34N6O2/c1-4-25(27-30-31-32-34(27)23-10-6-7-11-23)33(17-20-9-5-8-12-26(20)36-3)18-22-16-21-15-19(2)13-14-24(21)29-28(22)35/h5,8-9,12-16,23,25H,4,6-7,10-11,17-18H2,1-3H3,(H,29,35). The van der Waals surface area contributed by atoms with Gasteiger partial charge in [0.25, 0.3) is 5.56 Å². The van der Waals surface area contributed by atoms with Gasteiger partial charge in [-0.05, 0) is 66.3 Å². The molecule has 36 heavy (non-hydrogen) atoms. The lowest BCUT2D eigenvalue weighted by molar-refractivity contribution is 0.156. The smallest absolute Gasteiger partial charge is 0.252 e. The summed E-state index contributed by atoms with van der Waals surface area (Å²) in [6.07, 6.45) is 5.43. The first-order valence-corrected chi connectivity index (χ1v) is 12.8. The lowest BCUT2D eigenvalue weighted by Gasteiger charge is -2.31. The monoisotopic (exact) mass is 486 g/mol. The summed E-state index contributed by atoms with van der Waals surface area (Å²) in [6, 6.07) is 16.4. The highest BCUT2D eigenvalue weighted by atomic mass is 16.5. The molecule has 1 N–H and O–H groups in total. The van der Waals surface area contributed by atoms with Gasteiger partial charge in [-0.25, -0.2) is 4.68 Å². The molecule has 0 aliphatic heterocycles. The molecule has 0 spiro atoms. The van der Waals surface area contributed by atoms with Gasteiger partial charge < -0.3 is 9.72 Å². The molecule has 0 saturated heterocycles. The Morgan fingerprint density at radius 3 is 2.67 bits per heavy atom. The van der Waals surface area contributed by atoms with E-state index >= 15 is 0 Å². The van der Waals surface area contributed by atoms with E-state index in [1.54, 1.807) is 7.11 Å². The van der Waals surface area contributed by atoms with Gasteiger partial charge in [-0.1, -0.05) is 49.6 Å². The molecule has 0 bridgehead atoms. The molecule has 5 rings (SSSR count). The Balaban J connectivity index is 1.56. The van der Waals surface area contributed by atoms with Crippen molar-refractivity contribution in [1.82, 2.24) is 30.1 Å². The van der Waals surface area contributed by atoms with Gasteiger partial charge in [0.15, 0.2) is 5.82 Å². The molecule has 2 aromatic heterocycles.